The van der Waals surface area contributed by atoms with Crippen LogP contribution in [0.15, 0.2) is 176 Å². The Hall–Kier alpha value is -9.68. The Morgan fingerprint density at radius 3 is 0.970 bits per heavy atom. The largest absolute Gasteiger partial charge is 0.458 e. The molecule has 0 bridgehead atoms. The second-order valence-electron chi connectivity index (χ2n) is 25.4. The van der Waals surface area contributed by atoms with Gasteiger partial charge in [-0.05, 0) is 155 Å². The third kappa shape index (κ3) is 24.9. The molecule has 100 heavy (non-hydrogen) atoms. The quantitative estimate of drug-likeness (QED) is 0.0536. The average Bonchev–Trinajstić information content (AvgIpc) is 0.822. The highest BCUT2D eigenvalue weighted by Crippen LogP contribution is 2.25. The number of carbonyl (C=O) groups excluding carboxylic acids is 3. The van der Waals surface area contributed by atoms with E-state index >= 15 is 0 Å². The zero-order chi connectivity index (χ0) is 72.5. The molecule has 5 aromatic heterocycles. The fourth-order valence-corrected chi connectivity index (χ4v) is 9.93. The Bertz CT molecular complexity index is 5090. The van der Waals surface area contributed by atoms with Gasteiger partial charge in [-0.25, -0.2) is 14.4 Å². The van der Waals surface area contributed by atoms with Gasteiger partial charge in [-0.1, -0.05) is 67.7 Å². The molecule has 0 unspecified atom stereocenters. The summed E-state index contributed by atoms with van der Waals surface area (Å²) in [6.07, 6.45) is 9.02. The molecule has 0 saturated carbocycles. The Balaban J connectivity index is 0.000000268. The minimum Gasteiger partial charge on any atom is -0.458 e. The number of amides is 3. The topological polar surface area (TPSA) is 318 Å². The van der Waals surface area contributed by atoms with Crippen molar-refractivity contribution in [2.24, 2.45) is 11.5 Å². The number of terminal acetylenes is 2. The van der Waals surface area contributed by atoms with Gasteiger partial charge in [0.05, 0.1) is 85.3 Å². The highest BCUT2D eigenvalue weighted by atomic mass is 79.9. The van der Waals surface area contributed by atoms with Crippen molar-refractivity contribution in [2.45, 2.75) is 131 Å². The fourth-order valence-electron chi connectivity index (χ4n) is 8.52. The average molecular weight is 1550 g/mol. The van der Waals surface area contributed by atoms with Crippen molar-refractivity contribution in [3.8, 4) is 36.2 Å². The van der Waals surface area contributed by atoms with Crippen LogP contribution in [0.2, 0.25) is 19.6 Å². The van der Waals surface area contributed by atoms with Crippen molar-refractivity contribution in [3.63, 3.8) is 0 Å². The van der Waals surface area contributed by atoms with Crippen LogP contribution in [-0.4, -0.2) is 43.2 Å². The second-order valence-corrected chi connectivity index (χ2v) is 31.9. The van der Waals surface area contributed by atoms with E-state index in [9.17, 15) is 38.4 Å². The summed E-state index contributed by atoms with van der Waals surface area (Å²) in [6.45, 7) is 23.0. The summed E-state index contributed by atoms with van der Waals surface area (Å²) < 4.78 is 44.9. The summed E-state index contributed by atoms with van der Waals surface area (Å²) in [5.74, 6) is 10.1. The van der Waals surface area contributed by atoms with Gasteiger partial charge in [0.15, 0.2) is 55.1 Å². The van der Waals surface area contributed by atoms with Crippen molar-refractivity contribution >= 4 is 138 Å². The molecule has 21 nitrogen and oxygen atoms in total. The van der Waals surface area contributed by atoms with Gasteiger partial charge >= 0.3 is 18.3 Å². The summed E-state index contributed by atoms with van der Waals surface area (Å²) in [4.78, 5) is 94.7. The van der Waals surface area contributed by atoms with Gasteiger partial charge < -0.3 is 63.7 Å². The smallest absolute Gasteiger partial charge is 0.408 e. The molecule has 3 amide bonds. The van der Waals surface area contributed by atoms with E-state index in [1.807, 2.05) is 12.1 Å². The van der Waals surface area contributed by atoms with Crippen LogP contribution in [-0.2, 0) is 46.9 Å². The number of alkyl carbamates (subject to hydrolysis) is 3. The molecule has 526 valence electrons. The number of nitrogens with two attached hydrogens (primary N) is 2. The molecule has 7 N–H and O–H groups in total. The van der Waals surface area contributed by atoms with Crippen LogP contribution in [0.25, 0.3) is 54.8 Å². The molecule has 0 radical (unpaired) electrons. The molecule has 0 spiro atoms. The van der Waals surface area contributed by atoms with Crippen molar-refractivity contribution in [3.05, 3.63) is 227 Å². The first-order valence-corrected chi connectivity index (χ1v) is 35.4. The molecule has 10 aromatic rings. The lowest BCUT2D eigenvalue weighted by Gasteiger charge is -2.19. The number of carbonyl (C=O) groups is 3. The number of para-hydroxylation sites is 5. The van der Waals surface area contributed by atoms with Gasteiger partial charge in [0.2, 0.25) is 0 Å². The lowest BCUT2D eigenvalue weighted by atomic mass is 10.1. The number of hydrogen-bond acceptors (Lipinski definition) is 18. The van der Waals surface area contributed by atoms with Crippen molar-refractivity contribution in [1.82, 2.24) is 16.0 Å². The van der Waals surface area contributed by atoms with Gasteiger partial charge in [0.1, 0.15) is 53.7 Å². The predicted molar refractivity (Wildman–Crippen MR) is 403 cm³/mol. The zero-order valence-corrected chi connectivity index (χ0v) is 62.8. The first kappa shape index (κ1) is 82.7. The molecule has 10 rings (SSSR count). The lowest BCUT2D eigenvalue weighted by Crippen LogP contribution is -2.32. The van der Waals surface area contributed by atoms with E-state index in [2.05, 4.69) is 90.8 Å². The van der Waals surface area contributed by atoms with Gasteiger partial charge in [-0.2, -0.15) is 0 Å². The van der Waals surface area contributed by atoms with E-state index in [1.165, 1.54) is 30.3 Å². The van der Waals surface area contributed by atoms with E-state index in [0.29, 0.717) is 105 Å². The minimum absolute atomic E-state index is 0. The number of ether oxygens (including phenoxy) is 3. The van der Waals surface area contributed by atoms with Gasteiger partial charge in [0, 0.05) is 30.3 Å². The fraction of sp³-hybridized carbons (Fsp3) is 0.270. The van der Waals surface area contributed by atoms with Crippen molar-refractivity contribution < 1.29 is 50.7 Å². The summed E-state index contributed by atoms with van der Waals surface area (Å²) in [7, 11) is -1.56. The summed E-state index contributed by atoms with van der Waals surface area (Å²) >= 11 is 6.66. The van der Waals surface area contributed by atoms with E-state index in [0.717, 1.165) is 4.47 Å². The maximum absolute atomic E-state index is 12.4. The first-order valence-electron chi connectivity index (χ1n) is 30.4. The highest BCUT2D eigenvalue weighted by Gasteiger charge is 2.20. The van der Waals surface area contributed by atoms with E-state index in [4.69, 9.17) is 60.6 Å². The Morgan fingerprint density at radius 1 is 0.430 bits per heavy atom. The standard InChI is InChI=1S/C20H25NO4Si.C17H17NO4.C15H16BrNO4.C12H9NO2.C10H8BrNO2.2ClH/c1-20(2,3)25-19(23)21-13-15-12-17(22)16-9-7-8-14(18(16)24-15)10-11-26(4,5)6;1-5-11-7-6-8-13-14(19)9-12(21-15(11)13)10-18-16(20)22-17(2,3)4;1-15(2,3)21-14(19)17-8-9-7-12(18)10-5-4-6-11(16)13(10)20-9;1-2-8-4-3-5-10-11(14)6-9(7-13)15-12(8)10;11-8-3-1-2-7-9(13)4-6(5-12)14-10(7)8;;/h7-9,12H,13H2,1-6H3,(H,21,23);1,6-9H,10H2,2-4H3,(H,18,20);4-7H,8H2,1-3H3,(H,17,19);1,3-6H,7,13H2;1-4H,5,12H2;2*1H. The van der Waals surface area contributed by atoms with Crippen LogP contribution in [0.1, 0.15) is 108 Å². The maximum atomic E-state index is 12.4. The minimum atomic E-state index is -1.56. The predicted octanol–water partition coefficient (Wildman–Crippen LogP) is 14.5. The van der Waals surface area contributed by atoms with Crippen LogP contribution >= 0.6 is 56.7 Å². The summed E-state index contributed by atoms with van der Waals surface area (Å²) in [6, 6.07) is 33.0. The van der Waals surface area contributed by atoms with E-state index < -0.39 is 43.2 Å². The second kappa shape index (κ2) is 36.4. The summed E-state index contributed by atoms with van der Waals surface area (Å²) in [5.41, 5.74) is 15.7. The third-order valence-electron chi connectivity index (χ3n) is 12.6. The zero-order valence-electron chi connectivity index (χ0n) is 57.0. The Kier molecular flexibility index (Phi) is 30.1. The molecule has 26 heteroatoms. The van der Waals surface area contributed by atoms with Gasteiger partial charge in [-0.3, -0.25) is 24.0 Å². The van der Waals surface area contributed by atoms with Crippen LogP contribution in [0.3, 0.4) is 0 Å². The van der Waals surface area contributed by atoms with Crippen LogP contribution < -0.4 is 54.6 Å². The van der Waals surface area contributed by atoms with Gasteiger partial charge in [-0.15, -0.1) is 43.2 Å². The van der Waals surface area contributed by atoms with Crippen LogP contribution in [0.4, 0.5) is 14.4 Å². The third-order valence-corrected chi connectivity index (χ3v) is 14.8. The SMILES string of the molecule is C#Cc1cccc2c(=O)cc(CN)oc12.C#Cc1cccc2c(=O)cc(CNC(=O)OC(C)(C)C)oc12.CC(C)(C)OC(=O)NCc1cc(=O)c2cccc(Br)c2o1.CC(C)(C)OC(=O)NCc1cc(=O)c2cccc(C#C[Si](C)(C)C)c2o1.Cl.Cl.NCc1cc(=O)c2cccc(Br)c2o1. The highest BCUT2D eigenvalue weighted by molar-refractivity contribution is 9.11. The normalized spacial score (nSPS) is 10.9. The first-order chi connectivity index (χ1) is 46.0. The maximum Gasteiger partial charge on any atom is 0.408 e. The number of hydrogen-bond donors (Lipinski definition) is 5. The summed E-state index contributed by atoms with van der Waals surface area (Å²) in [5, 5.41) is 10.1. The van der Waals surface area contributed by atoms with Crippen LogP contribution in [0.5, 0.6) is 0 Å². The molecule has 5 aromatic carbocycles. The van der Waals surface area contributed by atoms with Crippen molar-refractivity contribution in [2.75, 3.05) is 0 Å². The number of nitrogens with one attached hydrogen (secondary N) is 3. The molecule has 0 aliphatic carbocycles. The molecule has 0 aliphatic heterocycles. The molecule has 0 aliphatic rings. The van der Waals surface area contributed by atoms with Crippen molar-refractivity contribution in [1.29, 1.82) is 0 Å². The Labute approximate surface area is 606 Å². The van der Waals surface area contributed by atoms with E-state index in [-0.39, 0.29) is 84.7 Å². The molecular weight excluding hydrogens is 1470 g/mol. The Morgan fingerprint density at radius 2 is 0.680 bits per heavy atom. The monoisotopic (exact) mass is 1550 g/mol. The lowest BCUT2D eigenvalue weighted by molar-refractivity contribution is 0.0509. The number of benzene rings is 5. The number of fused-ring (bicyclic) bond motifs is 5. The molecule has 5 heterocycles. The molecule has 0 saturated heterocycles. The molecular formula is C74H77Br2Cl2N5O16Si. The molecule has 0 fully saturated rings. The number of rotatable bonds is 8. The van der Waals surface area contributed by atoms with Gasteiger partial charge in [0.25, 0.3) is 0 Å². The molecule has 0 atom stereocenters. The van der Waals surface area contributed by atoms with Crippen LogP contribution in [0, 0.1) is 36.2 Å². The van der Waals surface area contributed by atoms with E-state index in [1.54, 1.807) is 141 Å². The number of halogens is 4.